The van der Waals surface area contributed by atoms with Gasteiger partial charge in [0.25, 0.3) is 0 Å². The highest BCUT2D eigenvalue weighted by Crippen LogP contribution is 2.46. The van der Waals surface area contributed by atoms with Crippen molar-refractivity contribution in [1.82, 2.24) is 9.97 Å². The molecule has 0 amide bonds. The summed E-state index contributed by atoms with van der Waals surface area (Å²) >= 11 is 0. The number of ether oxygens (including phenoxy) is 1. The van der Waals surface area contributed by atoms with E-state index in [1.807, 2.05) is 30.6 Å². The fourth-order valence-corrected chi connectivity index (χ4v) is 5.17. The summed E-state index contributed by atoms with van der Waals surface area (Å²) in [7, 11) is 0. The van der Waals surface area contributed by atoms with Crippen molar-refractivity contribution in [2.45, 2.75) is 0 Å². The van der Waals surface area contributed by atoms with Gasteiger partial charge < -0.3 is 4.74 Å². The zero-order valence-corrected chi connectivity index (χ0v) is 18.8. The van der Waals surface area contributed by atoms with Crippen molar-refractivity contribution in [3.8, 4) is 22.6 Å². The standard InChI is InChI=1S/C32H20N2O/c1-2-8-23-21(7-1)19-29(25-10-4-3-9-24(23)25)31-26-11-5-6-12-27(26)32(28-15-18-34-20-30(28)31)35-22-13-16-33-17-14-22/h1-20H. The van der Waals surface area contributed by atoms with Crippen LogP contribution in [0, 0.1) is 0 Å². The van der Waals surface area contributed by atoms with E-state index in [1.54, 1.807) is 12.4 Å². The lowest BCUT2D eigenvalue weighted by Crippen LogP contribution is -1.94. The molecule has 0 saturated carbocycles. The molecule has 164 valence electrons. The fourth-order valence-electron chi connectivity index (χ4n) is 5.17. The van der Waals surface area contributed by atoms with Crippen molar-refractivity contribution < 1.29 is 4.74 Å². The van der Waals surface area contributed by atoms with Crippen LogP contribution in [0.15, 0.2) is 122 Å². The molecule has 0 aliphatic carbocycles. The lowest BCUT2D eigenvalue weighted by atomic mass is 9.87. The lowest BCUT2D eigenvalue weighted by Gasteiger charge is -2.19. The molecule has 2 aromatic heterocycles. The van der Waals surface area contributed by atoms with E-state index in [1.165, 1.54) is 32.7 Å². The van der Waals surface area contributed by atoms with Crippen LogP contribution in [0.25, 0.3) is 54.2 Å². The minimum atomic E-state index is 0.757. The van der Waals surface area contributed by atoms with Crippen molar-refractivity contribution in [3.05, 3.63) is 122 Å². The van der Waals surface area contributed by atoms with E-state index in [-0.39, 0.29) is 0 Å². The first-order valence-corrected chi connectivity index (χ1v) is 11.7. The van der Waals surface area contributed by atoms with Gasteiger partial charge in [0.15, 0.2) is 0 Å². The van der Waals surface area contributed by atoms with Gasteiger partial charge in [-0.25, -0.2) is 0 Å². The summed E-state index contributed by atoms with van der Waals surface area (Å²) in [5.74, 6) is 1.59. The zero-order valence-electron chi connectivity index (χ0n) is 18.8. The Morgan fingerprint density at radius 1 is 0.486 bits per heavy atom. The number of nitrogens with zero attached hydrogens (tertiary/aromatic N) is 2. The van der Waals surface area contributed by atoms with Crippen LogP contribution in [0.2, 0.25) is 0 Å². The second-order valence-electron chi connectivity index (χ2n) is 8.65. The van der Waals surface area contributed by atoms with Crippen molar-refractivity contribution in [3.63, 3.8) is 0 Å². The van der Waals surface area contributed by atoms with Crippen LogP contribution >= 0.6 is 0 Å². The Morgan fingerprint density at radius 3 is 1.94 bits per heavy atom. The molecule has 0 aliphatic heterocycles. The summed E-state index contributed by atoms with van der Waals surface area (Å²) in [5.41, 5.74) is 2.37. The molecule has 0 unspecified atom stereocenters. The summed E-state index contributed by atoms with van der Waals surface area (Å²) in [5, 5.41) is 9.25. The average molecular weight is 449 g/mol. The topological polar surface area (TPSA) is 35.0 Å². The normalized spacial score (nSPS) is 11.4. The SMILES string of the molecule is c1ccc2c(c1)cc(-c1c3ccccc3c(Oc3ccncc3)c3ccncc13)c1ccccc12. The van der Waals surface area contributed by atoms with Gasteiger partial charge in [0.05, 0.1) is 0 Å². The third-order valence-corrected chi connectivity index (χ3v) is 6.68. The highest BCUT2D eigenvalue weighted by molar-refractivity contribution is 6.23. The molecule has 5 aromatic carbocycles. The minimum Gasteiger partial charge on any atom is -0.456 e. The van der Waals surface area contributed by atoms with Gasteiger partial charge in [0, 0.05) is 40.9 Å². The monoisotopic (exact) mass is 448 g/mol. The van der Waals surface area contributed by atoms with E-state index < -0.39 is 0 Å². The molecule has 0 spiro atoms. The molecule has 35 heavy (non-hydrogen) atoms. The molecule has 0 radical (unpaired) electrons. The first-order valence-electron chi connectivity index (χ1n) is 11.7. The van der Waals surface area contributed by atoms with Gasteiger partial charge in [-0.2, -0.15) is 0 Å². The Morgan fingerprint density at radius 2 is 1.11 bits per heavy atom. The highest BCUT2D eigenvalue weighted by Gasteiger charge is 2.19. The molecule has 0 atom stereocenters. The predicted molar refractivity (Wildman–Crippen MR) is 144 cm³/mol. The van der Waals surface area contributed by atoms with Gasteiger partial charge in [-0.3, -0.25) is 9.97 Å². The van der Waals surface area contributed by atoms with Gasteiger partial charge in [-0.1, -0.05) is 72.8 Å². The van der Waals surface area contributed by atoms with Crippen LogP contribution in [-0.4, -0.2) is 9.97 Å². The van der Waals surface area contributed by atoms with Crippen LogP contribution < -0.4 is 4.74 Å². The molecule has 0 saturated heterocycles. The van der Waals surface area contributed by atoms with E-state index in [4.69, 9.17) is 4.74 Å². The van der Waals surface area contributed by atoms with Crippen LogP contribution in [-0.2, 0) is 0 Å². The lowest BCUT2D eigenvalue weighted by molar-refractivity contribution is 0.493. The Labute approximate surface area is 202 Å². The molecular weight excluding hydrogens is 428 g/mol. The summed E-state index contributed by atoms with van der Waals surface area (Å²) < 4.78 is 6.49. The van der Waals surface area contributed by atoms with Crippen molar-refractivity contribution in [2.24, 2.45) is 0 Å². The van der Waals surface area contributed by atoms with Gasteiger partial charge in [-0.15, -0.1) is 0 Å². The number of benzene rings is 5. The van der Waals surface area contributed by atoms with Gasteiger partial charge in [-0.05, 0) is 62.3 Å². The number of fused-ring (bicyclic) bond motifs is 5. The van der Waals surface area contributed by atoms with E-state index in [2.05, 4.69) is 88.8 Å². The van der Waals surface area contributed by atoms with Gasteiger partial charge in [0.2, 0.25) is 0 Å². The quantitative estimate of drug-likeness (QED) is 0.201. The van der Waals surface area contributed by atoms with Gasteiger partial charge >= 0.3 is 0 Å². The second-order valence-corrected chi connectivity index (χ2v) is 8.65. The van der Waals surface area contributed by atoms with Crippen molar-refractivity contribution in [2.75, 3.05) is 0 Å². The Bertz CT molecular complexity index is 1820. The second kappa shape index (κ2) is 7.93. The Balaban J connectivity index is 1.64. The predicted octanol–water partition coefficient (Wildman–Crippen LogP) is 8.55. The van der Waals surface area contributed by atoms with Crippen molar-refractivity contribution in [1.29, 1.82) is 0 Å². The van der Waals surface area contributed by atoms with Crippen LogP contribution in [0.3, 0.4) is 0 Å². The molecular formula is C32H20N2O. The molecule has 0 bridgehead atoms. The largest absolute Gasteiger partial charge is 0.456 e. The van der Waals surface area contributed by atoms with E-state index in [0.717, 1.165) is 33.0 Å². The zero-order chi connectivity index (χ0) is 23.2. The van der Waals surface area contributed by atoms with E-state index in [0.29, 0.717) is 0 Å². The van der Waals surface area contributed by atoms with E-state index in [9.17, 15) is 0 Å². The molecule has 0 fully saturated rings. The minimum absolute atomic E-state index is 0.757. The number of hydrogen-bond donors (Lipinski definition) is 0. The Kier molecular flexibility index (Phi) is 4.46. The van der Waals surface area contributed by atoms with Crippen LogP contribution in [0.5, 0.6) is 11.5 Å². The maximum atomic E-state index is 6.49. The highest BCUT2D eigenvalue weighted by atomic mass is 16.5. The summed E-state index contributed by atoms with van der Waals surface area (Å²) in [6.07, 6.45) is 7.28. The molecule has 0 N–H and O–H groups in total. The summed E-state index contributed by atoms with van der Waals surface area (Å²) in [6, 6.07) is 33.9. The average Bonchev–Trinajstić information content (AvgIpc) is 2.93. The maximum absolute atomic E-state index is 6.49. The molecule has 0 aliphatic rings. The van der Waals surface area contributed by atoms with Crippen LogP contribution in [0.4, 0.5) is 0 Å². The maximum Gasteiger partial charge on any atom is 0.143 e. The molecule has 3 nitrogen and oxygen atoms in total. The third kappa shape index (κ3) is 3.13. The summed E-state index contributed by atoms with van der Waals surface area (Å²) in [6.45, 7) is 0. The molecule has 7 aromatic rings. The molecule has 7 rings (SSSR count). The van der Waals surface area contributed by atoms with Crippen molar-refractivity contribution >= 4 is 43.1 Å². The fraction of sp³-hybridized carbons (Fsp3) is 0. The van der Waals surface area contributed by atoms with Crippen LogP contribution in [0.1, 0.15) is 0 Å². The number of pyridine rings is 2. The summed E-state index contributed by atoms with van der Waals surface area (Å²) in [4.78, 5) is 8.66. The number of rotatable bonds is 3. The third-order valence-electron chi connectivity index (χ3n) is 6.68. The molecule has 3 heteroatoms. The van der Waals surface area contributed by atoms with E-state index >= 15 is 0 Å². The number of hydrogen-bond acceptors (Lipinski definition) is 3. The molecule has 2 heterocycles. The van der Waals surface area contributed by atoms with Gasteiger partial charge in [0.1, 0.15) is 11.5 Å². The smallest absolute Gasteiger partial charge is 0.143 e. The first kappa shape index (κ1) is 19.7. The first-order chi connectivity index (χ1) is 17.4. The number of aromatic nitrogens is 2. The Hall–Kier alpha value is -4.76.